The number of carbonyl (C=O) groups excluding carboxylic acids is 1. The second kappa shape index (κ2) is 6.21. The van der Waals surface area contributed by atoms with Gasteiger partial charge in [0, 0.05) is 0 Å². The van der Waals surface area contributed by atoms with Gasteiger partial charge < -0.3 is 4.74 Å². The van der Waals surface area contributed by atoms with Crippen molar-refractivity contribution in [2.24, 2.45) is 5.10 Å². The maximum absolute atomic E-state index is 12.3. The minimum Gasteiger partial charge on any atom is -0.461 e. The Kier molecular flexibility index (Phi) is 4.91. The maximum Gasteiger partial charge on any atom is 0.416 e. The van der Waals surface area contributed by atoms with E-state index in [4.69, 9.17) is 4.74 Å². The topological polar surface area (TPSA) is 50.7 Å². The number of ether oxygens (including phenoxy) is 1. The summed E-state index contributed by atoms with van der Waals surface area (Å²) in [6.45, 7) is 3.33. The zero-order valence-electron chi connectivity index (χ0n) is 10.4. The molecule has 0 aliphatic carbocycles. The predicted molar refractivity (Wildman–Crippen MR) is 64.8 cm³/mol. The lowest BCUT2D eigenvalue weighted by molar-refractivity contribution is -0.137. The van der Waals surface area contributed by atoms with E-state index in [1.54, 1.807) is 6.92 Å². The lowest BCUT2D eigenvalue weighted by atomic mass is 10.2. The lowest BCUT2D eigenvalue weighted by Gasteiger charge is -2.07. The van der Waals surface area contributed by atoms with Gasteiger partial charge in [0.25, 0.3) is 0 Å². The second-order valence-corrected chi connectivity index (χ2v) is 3.60. The molecule has 0 aromatic heterocycles. The Labute approximate surface area is 108 Å². The Hall–Kier alpha value is -2.05. The fourth-order valence-corrected chi connectivity index (χ4v) is 1.16. The third-order valence-electron chi connectivity index (χ3n) is 2.14. The number of alkyl halides is 3. The molecule has 0 saturated carbocycles. The number of esters is 1. The smallest absolute Gasteiger partial charge is 0.416 e. The van der Waals surface area contributed by atoms with Crippen LogP contribution in [0.2, 0.25) is 0 Å². The van der Waals surface area contributed by atoms with Crippen LogP contribution in [0.3, 0.4) is 0 Å². The molecule has 19 heavy (non-hydrogen) atoms. The van der Waals surface area contributed by atoms with Gasteiger partial charge in [-0.15, -0.1) is 0 Å². The molecule has 104 valence electrons. The summed E-state index contributed by atoms with van der Waals surface area (Å²) in [5, 5.41) is 3.72. The highest BCUT2D eigenvalue weighted by molar-refractivity contribution is 6.35. The minimum atomic E-state index is -4.37. The van der Waals surface area contributed by atoms with Crippen molar-refractivity contribution in [2.75, 3.05) is 12.0 Å². The van der Waals surface area contributed by atoms with E-state index in [1.807, 2.05) is 0 Å². The standard InChI is InChI=1S/C12H13F3N2O2/c1-3-19-11(18)8(2)16-17-10-6-4-9(5-7-10)12(13,14)15/h4-7,17H,3H2,1-2H3/b16-8+. The van der Waals surface area contributed by atoms with E-state index >= 15 is 0 Å². The number of benzene rings is 1. The molecule has 0 heterocycles. The van der Waals surface area contributed by atoms with E-state index in [1.165, 1.54) is 19.1 Å². The van der Waals surface area contributed by atoms with Gasteiger partial charge in [0.05, 0.1) is 17.9 Å². The van der Waals surface area contributed by atoms with Crippen molar-refractivity contribution in [2.45, 2.75) is 20.0 Å². The molecule has 0 atom stereocenters. The van der Waals surface area contributed by atoms with E-state index in [0.29, 0.717) is 5.69 Å². The molecule has 0 aliphatic heterocycles. The third-order valence-corrected chi connectivity index (χ3v) is 2.14. The van der Waals surface area contributed by atoms with Crippen molar-refractivity contribution in [1.29, 1.82) is 0 Å². The molecular formula is C12H13F3N2O2. The average Bonchev–Trinajstić information content (AvgIpc) is 2.35. The molecule has 1 aromatic rings. The van der Waals surface area contributed by atoms with Gasteiger partial charge in [-0.3, -0.25) is 5.43 Å². The van der Waals surface area contributed by atoms with Gasteiger partial charge in [-0.2, -0.15) is 18.3 Å². The fraction of sp³-hybridized carbons (Fsp3) is 0.333. The minimum absolute atomic E-state index is 0.0850. The van der Waals surface area contributed by atoms with Gasteiger partial charge in [0.1, 0.15) is 5.71 Å². The first-order chi connectivity index (χ1) is 8.84. The number of halogens is 3. The predicted octanol–water partition coefficient (Wildman–Crippen LogP) is 3.06. The summed E-state index contributed by atoms with van der Waals surface area (Å²) in [5.74, 6) is -0.582. The Morgan fingerprint density at radius 2 is 1.89 bits per heavy atom. The molecule has 1 rings (SSSR count). The van der Waals surface area contributed by atoms with Crippen molar-refractivity contribution in [3.05, 3.63) is 29.8 Å². The molecule has 4 nitrogen and oxygen atoms in total. The molecule has 0 bridgehead atoms. The third kappa shape index (κ3) is 4.61. The number of nitrogens with one attached hydrogen (secondary N) is 1. The van der Waals surface area contributed by atoms with Crippen LogP contribution in [0.15, 0.2) is 29.4 Å². The van der Waals surface area contributed by atoms with Gasteiger partial charge in [0.15, 0.2) is 0 Å². The summed E-state index contributed by atoms with van der Waals surface area (Å²) in [5.41, 5.74) is 2.17. The summed E-state index contributed by atoms with van der Waals surface area (Å²) in [6, 6.07) is 4.31. The highest BCUT2D eigenvalue weighted by Gasteiger charge is 2.29. The number of carbonyl (C=O) groups is 1. The van der Waals surface area contributed by atoms with Crippen LogP contribution < -0.4 is 5.43 Å². The Morgan fingerprint density at radius 1 is 1.32 bits per heavy atom. The van der Waals surface area contributed by atoms with Crippen LogP contribution in [-0.4, -0.2) is 18.3 Å². The normalized spacial score (nSPS) is 12.2. The molecule has 0 amide bonds. The first-order valence-electron chi connectivity index (χ1n) is 5.49. The number of hydrazone groups is 1. The summed E-state index contributed by atoms with van der Waals surface area (Å²) in [4.78, 5) is 11.2. The molecule has 7 heteroatoms. The van der Waals surface area contributed by atoms with Gasteiger partial charge in [-0.05, 0) is 38.1 Å². The summed E-state index contributed by atoms with van der Waals surface area (Å²) in [7, 11) is 0. The number of anilines is 1. The number of rotatable bonds is 4. The number of hydrogen-bond donors (Lipinski definition) is 1. The molecule has 0 aliphatic rings. The van der Waals surface area contributed by atoms with Gasteiger partial charge in [-0.25, -0.2) is 4.79 Å². The van der Waals surface area contributed by atoms with E-state index < -0.39 is 17.7 Å². The Bertz CT molecular complexity index is 467. The zero-order chi connectivity index (χ0) is 14.5. The van der Waals surface area contributed by atoms with Gasteiger partial charge in [0.2, 0.25) is 0 Å². The molecule has 1 aromatic carbocycles. The first kappa shape index (κ1) is 15.0. The van der Waals surface area contributed by atoms with Gasteiger partial charge in [-0.1, -0.05) is 0 Å². The number of nitrogens with zero attached hydrogens (tertiary/aromatic N) is 1. The summed E-state index contributed by atoms with van der Waals surface area (Å²) in [6.07, 6.45) is -4.37. The van der Waals surface area contributed by atoms with Crippen molar-refractivity contribution in [3.8, 4) is 0 Å². The molecule has 0 radical (unpaired) electrons. The van der Waals surface area contributed by atoms with E-state index in [-0.39, 0.29) is 12.3 Å². The number of hydrogen-bond acceptors (Lipinski definition) is 4. The van der Waals surface area contributed by atoms with Crippen molar-refractivity contribution in [3.63, 3.8) is 0 Å². The highest BCUT2D eigenvalue weighted by atomic mass is 19.4. The van der Waals surface area contributed by atoms with Crippen molar-refractivity contribution < 1.29 is 22.7 Å². The second-order valence-electron chi connectivity index (χ2n) is 3.60. The van der Waals surface area contributed by atoms with Crippen LogP contribution >= 0.6 is 0 Å². The summed E-state index contributed by atoms with van der Waals surface area (Å²) >= 11 is 0. The molecule has 0 spiro atoms. The van der Waals surface area contributed by atoms with Crippen molar-refractivity contribution in [1.82, 2.24) is 0 Å². The van der Waals surface area contributed by atoms with E-state index in [2.05, 4.69) is 10.5 Å². The van der Waals surface area contributed by atoms with E-state index in [0.717, 1.165) is 12.1 Å². The van der Waals surface area contributed by atoms with E-state index in [9.17, 15) is 18.0 Å². The molecule has 1 N–H and O–H groups in total. The monoisotopic (exact) mass is 274 g/mol. The molecular weight excluding hydrogens is 261 g/mol. The largest absolute Gasteiger partial charge is 0.461 e. The van der Waals surface area contributed by atoms with Crippen LogP contribution in [0.1, 0.15) is 19.4 Å². The Balaban J connectivity index is 2.69. The van der Waals surface area contributed by atoms with Crippen LogP contribution in [0, 0.1) is 0 Å². The molecule has 0 saturated heterocycles. The first-order valence-corrected chi connectivity index (χ1v) is 5.49. The quantitative estimate of drug-likeness (QED) is 0.521. The van der Waals surface area contributed by atoms with Crippen LogP contribution in [0.5, 0.6) is 0 Å². The zero-order valence-corrected chi connectivity index (χ0v) is 10.4. The maximum atomic E-state index is 12.3. The molecule has 0 fully saturated rings. The Morgan fingerprint density at radius 3 is 2.37 bits per heavy atom. The van der Waals surface area contributed by atoms with Crippen molar-refractivity contribution >= 4 is 17.4 Å². The van der Waals surface area contributed by atoms with Crippen LogP contribution in [-0.2, 0) is 15.7 Å². The van der Waals surface area contributed by atoms with Crippen LogP contribution in [0.25, 0.3) is 0 Å². The van der Waals surface area contributed by atoms with Gasteiger partial charge >= 0.3 is 12.1 Å². The summed E-state index contributed by atoms with van der Waals surface area (Å²) < 4.78 is 41.6. The SMILES string of the molecule is CCOC(=O)/C(C)=N/Nc1ccc(C(F)(F)F)cc1. The highest BCUT2D eigenvalue weighted by Crippen LogP contribution is 2.29. The van der Waals surface area contributed by atoms with Crippen LogP contribution in [0.4, 0.5) is 18.9 Å². The lowest BCUT2D eigenvalue weighted by Crippen LogP contribution is -2.15. The fourth-order valence-electron chi connectivity index (χ4n) is 1.16. The molecule has 0 unspecified atom stereocenters. The average molecular weight is 274 g/mol.